The first-order valence-electron chi connectivity index (χ1n) is 7.58. The fourth-order valence-corrected chi connectivity index (χ4v) is 4.32. The second kappa shape index (κ2) is 6.86. The van der Waals surface area contributed by atoms with Crippen LogP contribution in [0.25, 0.3) is 0 Å². The van der Waals surface area contributed by atoms with Crippen LogP contribution in [-0.4, -0.2) is 26.6 Å². The molecule has 1 N–H and O–H groups in total. The quantitative estimate of drug-likeness (QED) is 0.879. The van der Waals surface area contributed by atoms with E-state index in [1.165, 1.54) is 4.31 Å². The molecule has 1 aliphatic heterocycles. The molecule has 1 aromatic carbocycles. The number of furan rings is 1. The molecule has 24 heavy (non-hydrogen) atoms. The third kappa shape index (κ3) is 3.73. The van der Waals surface area contributed by atoms with Crippen LogP contribution in [0.3, 0.4) is 0 Å². The zero-order chi connectivity index (χ0) is 17.2. The van der Waals surface area contributed by atoms with Crippen LogP contribution in [0.5, 0.6) is 0 Å². The minimum absolute atomic E-state index is 0.139. The van der Waals surface area contributed by atoms with Crippen LogP contribution in [0, 0.1) is 0 Å². The summed E-state index contributed by atoms with van der Waals surface area (Å²) < 4.78 is 30.6. The molecule has 0 unspecified atom stereocenters. The smallest absolute Gasteiger partial charge is 0.235 e. The highest BCUT2D eigenvalue weighted by Gasteiger charge is 2.28. The maximum Gasteiger partial charge on any atom is 0.235 e. The van der Waals surface area contributed by atoms with Crippen molar-refractivity contribution in [3.05, 3.63) is 47.4 Å². The lowest BCUT2D eigenvalue weighted by molar-refractivity contribution is -0.116. The molecule has 0 saturated carbocycles. The van der Waals surface area contributed by atoms with Crippen LogP contribution in [0.1, 0.15) is 18.6 Å². The van der Waals surface area contributed by atoms with Crippen molar-refractivity contribution in [2.75, 3.05) is 21.9 Å². The van der Waals surface area contributed by atoms with Gasteiger partial charge >= 0.3 is 0 Å². The van der Waals surface area contributed by atoms with E-state index < -0.39 is 10.0 Å². The Morgan fingerprint density at radius 3 is 2.83 bits per heavy atom. The van der Waals surface area contributed by atoms with Gasteiger partial charge in [-0.1, -0.05) is 11.6 Å². The van der Waals surface area contributed by atoms with Gasteiger partial charge in [-0.2, -0.15) is 0 Å². The van der Waals surface area contributed by atoms with E-state index in [1.54, 1.807) is 36.6 Å². The lowest BCUT2D eigenvalue weighted by Gasteiger charge is -2.18. The van der Waals surface area contributed by atoms with Gasteiger partial charge in [-0.15, -0.1) is 0 Å². The Labute approximate surface area is 145 Å². The number of amides is 1. The fraction of sp³-hybridized carbons (Fsp3) is 0.312. The molecule has 2 aromatic rings. The predicted molar refractivity (Wildman–Crippen MR) is 92.9 cm³/mol. The zero-order valence-electron chi connectivity index (χ0n) is 12.9. The van der Waals surface area contributed by atoms with Crippen LogP contribution < -0.4 is 9.62 Å². The van der Waals surface area contributed by atoms with Crippen LogP contribution in [0.4, 0.5) is 11.4 Å². The predicted octanol–water partition coefficient (Wildman–Crippen LogP) is 3.04. The van der Waals surface area contributed by atoms with Crippen LogP contribution in [-0.2, 0) is 21.2 Å². The zero-order valence-corrected chi connectivity index (χ0v) is 14.4. The summed E-state index contributed by atoms with van der Waals surface area (Å²) in [5.41, 5.74) is 0.916. The summed E-state index contributed by atoms with van der Waals surface area (Å²) in [6.07, 6.45) is 2.88. The number of carbonyl (C=O) groups is 1. The van der Waals surface area contributed by atoms with E-state index in [1.807, 2.05) is 0 Å². The Kier molecular flexibility index (Phi) is 4.82. The molecule has 1 aliphatic rings. The summed E-state index contributed by atoms with van der Waals surface area (Å²) in [5, 5.41) is 3.09. The molecular weight excluding hydrogens is 352 g/mol. The first-order valence-corrected chi connectivity index (χ1v) is 9.56. The van der Waals surface area contributed by atoms with Crippen LogP contribution >= 0.6 is 11.6 Å². The monoisotopic (exact) mass is 368 g/mol. The second-order valence-corrected chi connectivity index (χ2v) is 7.95. The molecule has 1 amide bonds. The highest BCUT2D eigenvalue weighted by atomic mass is 35.5. The first-order chi connectivity index (χ1) is 11.5. The van der Waals surface area contributed by atoms with E-state index in [0.717, 1.165) is 5.76 Å². The molecule has 8 heteroatoms. The molecule has 0 radical (unpaired) electrons. The number of hydrogen-bond donors (Lipinski definition) is 1. The number of halogens is 1. The number of nitrogens with one attached hydrogen (secondary N) is 1. The van der Waals surface area contributed by atoms with Gasteiger partial charge in [0.1, 0.15) is 5.76 Å². The Hall–Kier alpha value is -1.99. The van der Waals surface area contributed by atoms with Crippen molar-refractivity contribution in [3.63, 3.8) is 0 Å². The molecule has 1 saturated heterocycles. The first kappa shape index (κ1) is 16.9. The van der Waals surface area contributed by atoms with Crippen molar-refractivity contribution in [2.24, 2.45) is 0 Å². The number of hydrogen-bond acceptors (Lipinski definition) is 4. The maximum atomic E-state index is 12.1. The molecule has 3 rings (SSSR count). The minimum Gasteiger partial charge on any atom is -0.469 e. The Bertz CT molecular complexity index is 834. The highest BCUT2D eigenvalue weighted by molar-refractivity contribution is 7.93. The number of sulfonamides is 1. The molecule has 0 atom stereocenters. The summed E-state index contributed by atoms with van der Waals surface area (Å²) >= 11 is 6.12. The van der Waals surface area contributed by atoms with E-state index >= 15 is 0 Å². The van der Waals surface area contributed by atoms with Gasteiger partial charge in [0.2, 0.25) is 15.9 Å². The molecule has 0 bridgehead atoms. The van der Waals surface area contributed by atoms with E-state index in [-0.39, 0.29) is 18.1 Å². The summed E-state index contributed by atoms with van der Waals surface area (Å²) in [6, 6.07) is 8.40. The second-order valence-electron chi connectivity index (χ2n) is 5.53. The number of carbonyl (C=O) groups excluding carboxylic acids is 1. The highest BCUT2D eigenvalue weighted by Crippen LogP contribution is 2.31. The summed E-state index contributed by atoms with van der Waals surface area (Å²) in [5.74, 6) is 0.656. The van der Waals surface area contributed by atoms with E-state index in [2.05, 4.69) is 5.32 Å². The van der Waals surface area contributed by atoms with Gasteiger partial charge in [0.25, 0.3) is 0 Å². The minimum atomic E-state index is -3.27. The molecule has 128 valence electrons. The average Bonchev–Trinajstić information content (AvgIpc) is 3.16. The van der Waals surface area contributed by atoms with E-state index in [4.69, 9.17) is 16.0 Å². The largest absolute Gasteiger partial charge is 0.469 e. The summed E-state index contributed by atoms with van der Waals surface area (Å²) in [4.78, 5) is 12.1. The molecule has 6 nitrogen and oxygen atoms in total. The fourth-order valence-electron chi connectivity index (χ4n) is 2.60. The van der Waals surface area contributed by atoms with Crippen LogP contribution in [0.15, 0.2) is 41.0 Å². The van der Waals surface area contributed by atoms with Gasteiger partial charge in [-0.05, 0) is 36.8 Å². The molecule has 0 aliphatic carbocycles. The maximum absolute atomic E-state index is 12.1. The average molecular weight is 369 g/mol. The summed E-state index contributed by atoms with van der Waals surface area (Å²) in [6.45, 7) is 0.440. The van der Waals surface area contributed by atoms with E-state index in [0.29, 0.717) is 35.8 Å². The summed E-state index contributed by atoms with van der Waals surface area (Å²) in [7, 11) is -3.27. The topological polar surface area (TPSA) is 79.6 Å². The molecule has 1 fully saturated rings. The molecular formula is C16H17ClN2O4S. The van der Waals surface area contributed by atoms with Crippen molar-refractivity contribution < 1.29 is 17.6 Å². The van der Waals surface area contributed by atoms with Crippen molar-refractivity contribution in [1.29, 1.82) is 0 Å². The van der Waals surface area contributed by atoms with Crippen molar-refractivity contribution in [2.45, 2.75) is 19.3 Å². The van der Waals surface area contributed by atoms with Gasteiger partial charge in [0, 0.05) is 19.4 Å². The number of nitrogens with zero attached hydrogens (tertiary/aromatic N) is 1. The third-order valence-electron chi connectivity index (χ3n) is 3.79. The normalized spacial score (nSPS) is 16.3. The molecule has 2 heterocycles. The lowest BCUT2D eigenvalue weighted by Crippen LogP contribution is -2.25. The van der Waals surface area contributed by atoms with Gasteiger partial charge in [-0.25, -0.2) is 8.42 Å². The number of anilines is 2. The Balaban J connectivity index is 1.71. The van der Waals surface area contributed by atoms with Crippen molar-refractivity contribution >= 4 is 38.9 Å². The molecule has 0 spiro atoms. The van der Waals surface area contributed by atoms with Gasteiger partial charge in [0.05, 0.1) is 28.4 Å². The van der Waals surface area contributed by atoms with Crippen molar-refractivity contribution in [3.8, 4) is 0 Å². The van der Waals surface area contributed by atoms with Gasteiger partial charge < -0.3 is 9.73 Å². The van der Waals surface area contributed by atoms with Crippen LogP contribution in [0.2, 0.25) is 5.02 Å². The van der Waals surface area contributed by atoms with Gasteiger partial charge in [-0.3, -0.25) is 9.10 Å². The SMILES string of the molecule is O=C(CCc1ccco1)Nc1cc(N2CCCS2(=O)=O)ccc1Cl. The Morgan fingerprint density at radius 1 is 1.33 bits per heavy atom. The Morgan fingerprint density at radius 2 is 2.17 bits per heavy atom. The van der Waals surface area contributed by atoms with E-state index in [9.17, 15) is 13.2 Å². The van der Waals surface area contributed by atoms with Gasteiger partial charge in [0.15, 0.2) is 0 Å². The van der Waals surface area contributed by atoms with Crippen molar-refractivity contribution in [1.82, 2.24) is 0 Å². The number of rotatable bonds is 5. The lowest BCUT2D eigenvalue weighted by atomic mass is 10.2. The third-order valence-corrected chi connectivity index (χ3v) is 5.99. The standard InChI is InChI=1S/C16H17ClN2O4S/c17-14-6-4-12(19-8-2-10-24(19,21)22)11-15(14)18-16(20)7-5-13-3-1-9-23-13/h1,3-4,6,9,11H,2,5,7-8,10H2,(H,18,20). The number of benzene rings is 1. The number of aryl methyl sites for hydroxylation is 1. The molecule has 1 aromatic heterocycles.